The van der Waals surface area contributed by atoms with Crippen LogP contribution in [0.25, 0.3) is 32.9 Å². The molecule has 4 aromatic rings. The first-order valence-corrected chi connectivity index (χ1v) is 17.1. The predicted octanol–water partition coefficient (Wildman–Crippen LogP) is 10.4. The highest BCUT2D eigenvalue weighted by molar-refractivity contribution is 6.05. The van der Waals surface area contributed by atoms with E-state index in [2.05, 4.69) is 121 Å². The van der Waals surface area contributed by atoms with E-state index in [1.54, 1.807) is 5.57 Å². The van der Waals surface area contributed by atoms with Gasteiger partial charge in [0.15, 0.2) is 6.20 Å². The van der Waals surface area contributed by atoms with Gasteiger partial charge >= 0.3 is 0 Å². The SMILES string of the molecule is CCC(CC)C1=CC2(CC(C(CC)CC)=C1)c1nc3ccccc3c3c1-c1c4c(cc(CC(C)C)cc4cc[n+]12)C3(C)C. The monoisotopic (exact) mass is 569 g/mol. The van der Waals surface area contributed by atoms with E-state index in [1.807, 2.05) is 0 Å². The zero-order valence-electron chi connectivity index (χ0n) is 27.6. The molecular formula is C41H49N2+. The molecular weight excluding hydrogens is 520 g/mol. The highest BCUT2D eigenvalue weighted by Crippen LogP contribution is 2.57. The summed E-state index contributed by atoms with van der Waals surface area (Å²) < 4.78 is 2.67. The molecule has 222 valence electrons. The first-order valence-electron chi connectivity index (χ1n) is 17.1. The van der Waals surface area contributed by atoms with Crippen molar-refractivity contribution >= 4 is 21.7 Å². The van der Waals surface area contributed by atoms with E-state index in [0.29, 0.717) is 17.8 Å². The van der Waals surface area contributed by atoms with Gasteiger partial charge in [0, 0.05) is 23.3 Å². The van der Waals surface area contributed by atoms with E-state index in [0.717, 1.165) is 18.4 Å². The van der Waals surface area contributed by atoms with Crippen LogP contribution in [0.1, 0.15) is 110 Å². The van der Waals surface area contributed by atoms with Gasteiger partial charge in [-0.3, -0.25) is 0 Å². The fourth-order valence-electron chi connectivity index (χ4n) is 9.11. The van der Waals surface area contributed by atoms with E-state index < -0.39 is 0 Å². The molecule has 3 heterocycles. The first-order chi connectivity index (χ1) is 20.7. The minimum atomic E-state index is -0.309. The van der Waals surface area contributed by atoms with Gasteiger partial charge in [0.1, 0.15) is 5.69 Å². The van der Waals surface area contributed by atoms with Gasteiger partial charge < -0.3 is 0 Å². The van der Waals surface area contributed by atoms with Crippen LogP contribution in [0.15, 0.2) is 72.0 Å². The largest absolute Gasteiger partial charge is 0.244 e. The number of rotatable bonds is 8. The number of benzene rings is 2. The maximum absolute atomic E-state index is 5.67. The highest BCUT2D eigenvalue weighted by Gasteiger charge is 2.58. The number of para-hydroxylation sites is 1. The molecule has 0 saturated heterocycles. The summed E-state index contributed by atoms with van der Waals surface area (Å²) in [4.78, 5) is 5.67. The fourth-order valence-corrected chi connectivity index (χ4v) is 9.11. The molecule has 0 saturated carbocycles. The van der Waals surface area contributed by atoms with Crippen LogP contribution in [0.4, 0.5) is 0 Å². The third-order valence-electron chi connectivity index (χ3n) is 11.2. The molecule has 0 fully saturated rings. The number of hydrogen-bond acceptors (Lipinski definition) is 1. The van der Waals surface area contributed by atoms with Gasteiger partial charge in [-0.1, -0.05) is 97.4 Å². The average molecular weight is 570 g/mol. The Kier molecular flexibility index (Phi) is 6.73. The molecule has 2 nitrogen and oxygen atoms in total. The van der Waals surface area contributed by atoms with Crippen molar-refractivity contribution in [2.75, 3.05) is 0 Å². The standard InChI is InChI=1S/C41H49N2/c1-9-27(10-2)30-22-31(28(11-3)12-4)24-41(23-30)39-36-37(32-15-13-14-16-34(32)42-39)40(7,8)33-21-26(19-25(5)6)20-29-17-18-43(41)38(36)35(29)33/h13-18,20-23,25,27-28H,9-12,19,24H2,1-8H3/q+1. The lowest BCUT2D eigenvalue weighted by molar-refractivity contribution is -0.726. The first kappa shape index (κ1) is 28.5. The molecule has 0 N–H and O–H groups in total. The number of allylic oxidation sites excluding steroid dienone is 4. The molecule has 3 aliphatic rings. The van der Waals surface area contributed by atoms with Crippen molar-refractivity contribution in [2.45, 2.75) is 105 Å². The predicted molar refractivity (Wildman–Crippen MR) is 182 cm³/mol. The molecule has 1 unspecified atom stereocenters. The van der Waals surface area contributed by atoms with Crippen LogP contribution in [0.5, 0.6) is 0 Å². The number of fused-ring (bicyclic) bond motifs is 4. The molecule has 1 aliphatic heterocycles. The quantitative estimate of drug-likeness (QED) is 0.193. The Morgan fingerprint density at radius 2 is 1.63 bits per heavy atom. The average Bonchev–Trinajstić information content (AvgIpc) is 3.24. The smallest absolute Gasteiger partial charge is 0.233 e. The normalized spacial score (nSPS) is 19.8. The molecule has 0 amide bonds. The maximum Gasteiger partial charge on any atom is 0.233 e. The van der Waals surface area contributed by atoms with Crippen LogP contribution in [-0.2, 0) is 17.4 Å². The van der Waals surface area contributed by atoms with E-state index in [-0.39, 0.29) is 11.0 Å². The second-order valence-electron chi connectivity index (χ2n) is 14.6. The van der Waals surface area contributed by atoms with E-state index in [9.17, 15) is 0 Å². The van der Waals surface area contributed by atoms with Crippen molar-refractivity contribution in [3.05, 3.63) is 94.3 Å². The summed E-state index contributed by atoms with van der Waals surface area (Å²) in [5.74, 6) is 1.78. The lowest BCUT2D eigenvalue weighted by atomic mass is 9.67. The number of nitrogens with zero attached hydrogens (tertiary/aromatic N) is 2. The maximum atomic E-state index is 5.67. The van der Waals surface area contributed by atoms with Gasteiger partial charge in [-0.2, -0.15) is 4.57 Å². The summed E-state index contributed by atoms with van der Waals surface area (Å²) in [6.07, 6.45) is 14.5. The highest BCUT2D eigenvalue weighted by atomic mass is 15.1. The van der Waals surface area contributed by atoms with Crippen molar-refractivity contribution < 1.29 is 4.57 Å². The fraction of sp³-hybridized carbons (Fsp3) is 0.463. The Morgan fingerprint density at radius 3 is 2.33 bits per heavy atom. The van der Waals surface area contributed by atoms with Crippen molar-refractivity contribution in [1.29, 1.82) is 0 Å². The van der Waals surface area contributed by atoms with Crippen molar-refractivity contribution in [2.24, 2.45) is 17.8 Å². The van der Waals surface area contributed by atoms with E-state index >= 15 is 0 Å². The van der Waals surface area contributed by atoms with Crippen LogP contribution in [0, 0.1) is 17.8 Å². The molecule has 0 bridgehead atoms. The lowest BCUT2D eigenvalue weighted by Crippen LogP contribution is -2.55. The Balaban J connectivity index is 1.64. The molecule has 1 spiro atoms. The molecule has 7 rings (SSSR count). The second kappa shape index (κ2) is 10.1. The Hall–Kier alpha value is -3.26. The summed E-state index contributed by atoms with van der Waals surface area (Å²) in [7, 11) is 0. The van der Waals surface area contributed by atoms with Crippen LogP contribution >= 0.6 is 0 Å². The molecule has 2 heteroatoms. The topological polar surface area (TPSA) is 16.8 Å². The van der Waals surface area contributed by atoms with Crippen LogP contribution in [0.2, 0.25) is 0 Å². The van der Waals surface area contributed by atoms with Gasteiger partial charge in [0.25, 0.3) is 0 Å². The number of hydrogen-bond donors (Lipinski definition) is 0. The van der Waals surface area contributed by atoms with Crippen molar-refractivity contribution in [3.63, 3.8) is 0 Å². The summed E-state index contributed by atoms with van der Waals surface area (Å²) in [6.45, 7) is 19.1. The zero-order valence-corrected chi connectivity index (χ0v) is 27.6. The number of pyridine rings is 2. The third kappa shape index (κ3) is 3.97. The van der Waals surface area contributed by atoms with Gasteiger partial charge in [0.05, 0.1) is 16.5 Å². The van der Waals surface area contributed by atoms with Crippen LogP contribution in [0.3, 0.4) is 0 Å². The second-order valence-corrected chi connectivity index (χ2v) is 14.6. The van der Waals surface area contributed by atoms with Crippen molar-refractivity contribution in [3.8, 4) is 11.3 Å². The van der Waals surface area contributed by atoms with E-state index in [1.165, 1.54) is 81.1 Å². The summed E-state index contributed by atoms with van der Waals surface area (Å²) >= 11 is 0. The Labute approximate surface area is 258 Å². The minimum absolute atomic E-state index is 0.139. The summed E-state index contributed by atoms with van der Waals surface area (Å²) in [6, 6.07) is 16.4. The Bertz CT molecular complexity index is 1830. The van der Waals surface area contributed by atoms with Gasteiger partial charge in [-0.25, -0.2) is 4.98 Å². The lowest BCUT2D eigenvalue weighted by Gasteiger charge is -2.34. The molecule has 1 atom stereocenters. The van der Waals surface area contributed by atoms with Gasteiger partial charge in [0.2, 0.25) is 11.2 Å². The van der Waals surface area contributed by atoms with Crippen LogP contribution < -0.4 is 4.57 Å². The summed E-state index contributed by atoms with van der Waals surface area (Å²) in [5.41, 5.74) is 12.3. The molecule has 0 radical (unpaired) electrons. The van der Waals surface area contributed by atoms with Gasteiger partial charge in [-0.05, 0) is 89.6 Å². The number of aromatic nitrogens is 2. The molecule has 2 aromatic heterocycles. The molecule has 2 aromatic carbocycles. The zero-order chi connectivity index (χ0) is 30.3. The van der Waals surface area contributed by atoms with E-state index in [4.69, 9.17) is 4.98 Å². The molecule has 2 aliphatic carbocycles. The van der Waals surface area contributed by atoms with Crippen molar-refractivity contribution in [1.82, 2.24) is 4.98 Å². The third-order valence-corrected chi connectivity index (χ3v) is 11.2. The summed E-state index contributed by atoms with van der Waals surface area (Å²) in [5, 5.41) is 4.13. The molecule has 43 heavy (non-hydrogen) atoms. The Morgan fingerprint density at radius 1 is 0.907 bits per heavy atom. The minimum Gasteiger partial charge on any atom is -0.244 e. The van der Waals surface area contributed by atoms with Gasteiger partial charge in [-0.15, -0.1) is 0 Å². The van der Waals surface area contributed by atoms with Crippen LogP contribution in [-0.4, -0.2) is 4.98 Å².